The van der Waals surface area contributed by atoms with E-state index in [-0.39, 0.29) is 10.8 Å². The Bertz CT molecular complexity index is 494. The Balaban J connectivity index is 1.37. The highest BCUT2D eigenvalue weighted by Gasteiger charge is 3.13. The van der Waals surface area contributed by atoms with Crippen molar-refractivity contribution in [3.8, 4) is 0 Å². The van der Waals surface area contributed by atoms with Crippen LogP contribution in [0.3, 0.4) is 0 Å². The number of rotatable bonds is 2. The van der Waals surface area contributed by atoms with Crippen molar-refractivity contribution >= 4 is 11.9 Å². The minimum atomic E-state index is -0.562. The van der Waals surface area contributed by atoms with Crippen LogP contribution in [0.2, 0.25) is 0 Å². The average molecular weight is 245 g/mol. The molecule has 0 atom stereocenters. The van der Waals surface area contributed by atoms with Crippen LogP contribution in [-0.4, -0.2) is 35.0 Å². The molecule has 0 unspecified atom stereocenters. The van der Waals surface area contributed by atoms with Gasteiger partial charge in [-0.15, -0.1) is 0 Å². The lowest BCUT2D eigenvalue weighted by Crippen LogP contribution is -3.12. The molecule has 0 spiro atoms. The zero-order valence-corrected chi connectivity index (χ0v) is 10.0. The van der Waals surface area contributed by atoms with E-state index in [0.29, 0.717) is 41.4 Å². The molecule has 4 heteroatoms. The van der Waals surface area contributed by atoms with Gasteiger partial charge >= 0.3 is 5.97 Å². The summed E-state index contributed by atoms with van der Waals surface area (Å²) in [4.78, 5) is 26.2. The molecule has 1 saturated heterocycles. The summed E-state index contributed by atoms with van der Waals surface area (Å²) in [7, 11) is 0. The highest BCUT2D eigenvalue weighted by Crippen LogP contribution is 3.10. The molecule has 6 aliphatic carbocycles. The zero-order chi connectivity index (χ0) is 12.0. The van der Waals surface area contributed by atoms with E-state index >= 15 is 0 Å². The summed E-state index contributed by atoms with van der Waals surface area (Å²) < 4.78 is 0. The van der Waals surface area contributed by atoms with Crippen LogP contribution >= 0.6 is 0 Å². The van der Waals surface area contributed by atoms with Gasteiger partial charge in [0.1, 0.15) is 0 Å². The molecule has 1 N–H and O–H groups in total. The standard InChI is InChI=1S/C14H15NO3/c16-11(15-3-1-2-4-15)13-5-8-6(13)10-7(13)9(5)14(8,10)12(17)18/h5-10H,1-4H2,(H,17,18). The Morgan fingerprint density at radius 1 is 0.889 bits per heavy atom. The van der Waals surface area contributed by atoms with Gasteiger partial charge in [-0.1, -0.05) is 0 Å². The van der Waals surface area contributed by atoms with Crippen LogP contribution in [-0.2, 0) is 9.59 Å². The van der Waals surface area contributed by atoms with Crippen molar-refractivity contribution in [3.63, 3.8) is 0 Å². The predicted molar refractivity (Wildman–Crippen MR) is 59.3 cm³/mol. The van der Waals surface area contributed by atoms with Crippen LogP contribution in [0.25, 0.3) is 0 Å². The summed E-state index contributed by atoms with van der Waals surface area (Å²) >= 11 is 0. The van der Waals surface area contributed by atoms with Gasteiger partial charge in [-0.3, -0.25) is 9.59 Å². The summed E-state index contributed by atoms with van der Waals surface area (Å²) in [6.07, 6.45) is 2.30. The van der Waals surface area contributed by atoms with E-state index in [1.165, 1.54) is 0 Å². The van der Waals surface area contributed by atoms with Gasteiger partial charge in [0.15, 0.2) is 0 Å². The number of likely N-dealkylation sites (tertiary alicyclic amines) is 1. The van der Waals surface area contributed by atoms with Crippen molar-refractivity contribution < 1.29 is 14.7 Å². The molecule has 0 aromatic carbocycles. The first kappa shape index (κ1) is 8.94. The SMILES string of the molecule is O=C(O)C12C3C4C1C1C2C3C41C(=O)N1CCCC1. The third-order valence-electron chi connectivity index (χ3n) is 7.76. The third kappa shape index (κ3) is 0.432. The fourth-order valence-electron chi connectivity index (χ4n) is 7.58. The molecule has 0 bridgehead atoms. The Labute approximate surface area is 104 Å². The predicted octanol–water partition coefficient (Wildman–Crippen LogP) is 0.431. The monoisotopic (exact) mass is 245 g/mol. The number of aliphatic carboxylic acids is 1. The van der Waals surface area contributed by atoms with Crippen molar-refractivity contribution in [2.75, 3.05) is 13.1 Å². The van der Waals surface area contributed by atoms with Crippen LogP contribution in [0.5, 0.6) is 0 Å². The van der Waals surface area contributed by atoms with Crippen molar-refractivity contribution in [2.24, 2.45) is 46.3 Å². The van der Waals surface area contributed by atoms with Crippen molar-refractivity contribution in [1.29, 1.82) is 0 Å². The second-order valence-corrected chi connectivity index (χ2v) is 7.33. The van der Waals surface area contributed by atoms with Gasteiger partial charge in [-0.2, -0.15) is 0 Å². The molecule has 6 saturated carbocycles. The average Bonchev–Trinajstić information content (AvgIpc) is 2.91. The van der Waals surface area contributed by atoms with Crippen molar-refractivity contribution in [2.45, 2.75) is 12.8 Å². The fraction of sp³-hybridized carbons (Fsp3) is 0.857. The molecule has 4 nitrogen and oxygen atoms in total. The quantitative estimate of drug-likeness (QED) is 0.767. The van der Waals surface area contributed by atoms with Crippen molar-refractivity contribution in [1.82, 2.24) is 4.90 Å². The number of carboxylic acids is 1. The van der Waals surface area contributed by atoms with Crippen LogP contribution in [0.1, 0.15) is 12.8 Å². The maximum absolute atomic E-state index is 12.7. The van der Waals surface area contributed by atoms with Gasteiger partial charge in [-0.05, 0) is 48.3 Å². The van der Waals surface area contributed by atoms with Gasteiger partial charge in [0.25, 0.3) is 0 Å². The Kier molecular flexibility index (Phi) is 1.00. The smallest absolute Gasteiger partial charge is 0.310 e. The number of carboxylic acid groups (broad SMARTS) is 1. The van der Waals surface area contributed by atoms with E-state index in [4.69, 9.17) is 0 Å². The summed E-state index contributed by atoms with van der Waals surface area (Å²) in [5.74, 6) is 2.44. The van der Waals surface area contributed by atoms with E-state index in [1.54, 1.807) is 0 Å². The van der Waals surface area contributed by atoms with Gasteiger partial charge in [0.05, 0.1) is 10.8 Å². The van der Waals surface area contributed by atoms with E-state index < -0.39 is 5.97 Å². The summed E-state index contributed by atoms with van der Waals surface area (Å²) in [6.45, 7) is 1.88. The topological polar surface area (TPSA) is 57.6 Å². The number of hydrogen-bond acceptors (Lipinski definition) is 2. The fourth-order valence-corrected chi connectivity index (χ4v) is 7.58. The number of carbonyl (C=O) groups is 2. The molecule has 18 heavy (non-hydrogen) atoms. The van der Waals surface area contributed by atoms with Crippen LogP contribution in [0, 0.1) is 46.3 Å². The van der Waals surface area contributed by atoms with Crippen molar-refractivity contribution in [3.05, 3.63) is 0 Å². The molecule has 1 heterocycles. The van der Waals surface area contributed by atoms with Crippen LogP contribution < -0.4 is 0 Å². The highest BCUT2D eigenvalue weighted by atomic mass is 16.4. The lowest BCUT2D eigenvalue weighted by molar-refractivity contribution is -0.627. The number of nitrogens with zero attached hydrogens (tertiary/aromatic N) is 1. The van der Waals surface area contributed by atoms with E-state index in [2.05, 4.69) is 4.90 Å². The number of amides is 1. The Hall–Kier alpha value is -1.06. The van der Waals surface area contributed by atoms with Crippen LogP contribution in [0.15, 0.2) is 0 Å². The molecule has 0 radical (unpaired) electrons. The van der Waals surface area contributed by atoms with E-state index in [0.717, 1.165) is 25.9 Å². The van der Waals surface area contributed by atoms with Crippen LogP contribution in [0.4, 0.5) is 0 Å². The molecule has 1 aliphatic heterocycles. The number of carbonyl (C=O) groups excluding carboxylic acids is 1. The third-order valence-corrected chi connectivity index (χ3v) is 7.76. The lowest BCUT2D eigenvalue weighted by atomic mass is 8.92. The lowest BCUT2D eigenvalue weighted by Gasteiger charge is -3.09. The first-order valence-corrected chi connectivity index (χ1v) is 7.22. The largest absolute Gasteiger partial charge is 0.481 e. The second kappa shape index (κ2) is 2.02. The molecule has 0 aromatic rings. The first-order chi connectivity index (χ1) is 8.69. The minimum absolute atomic E-state index is 0.0262. The maximum atomic E-state index is 12.7. The minimum Gasteiger partial charge on any atom is -0.481 e. The molecule has 7 aliphatic rings. The Morgan fingerprint density at radius 3 is 1.78 bits per heavy atom. The first-order valence-electron chi connectivity index (χ1n) is 7.22. The van der Waals surface area contributed by atoms with E-state index in [1.807, 2.05) is 0 Å². The van der Waals surface area contributed by atoms with E-state index in [9.17, 15) is 14.7 Å². The Morgan fingerprint density at radius 2 is 1.33 bits per heavy atom. The number of hydrogen-bond donors (Lipinski definition) is 1. The zero-order valence-electron chi connectivity index (χ0n) is 10.0. The summed E-state index contributed by atoms with van der Waals surface area (Å²) in [6, 6.07) is 0. The second-order valence-electron chi connectivity index (χ2n) is 7.33. The normalized spacial score (nSPS) is 67.0. The molecule has 94 valence electrons. The molecule has 7 rings (SSSR count). The molecule has 7 fully saturated rings. The van der Waals surface area contributed by atoms with Gasteiger partial charge in [0.2, 0.25) is 5.91 Å². The van der Waals surface area contributed by atoms with Gasteiger partial charge in [-0.25, -0.2) is 0 Å². The van der Waals surface area contributed by atoms with Gasteiger partial charge < -0.3 is 10.0 Å². The summed E-state index contributed by atoms with van der Waals surface area (Å²) in [5.41, 5.74) is -0.353. The maximum Gasteiger partial charge on any atom is 0.310 e. The molecular weight excluding hydrogens is 230 g/mol. The molecular formula is C14H15NO3. The summed E-state index contributed by atoms with van der Waals surface area (Å²) in [5, 5.41) is 9.40. The molecule has 0 aromatic heterocycles. The van der Waals surface area contributed by atoms with Gasteiger partial charge in [0, 0.05) is 13.1 Å². The molecule has 1 amide bonds. The highest BCUT2D eigenvalue weighted by molar-refractivity contribution is 5.98.